The summed E-state index contributed by atoms with van der Waals surface area (Å²) in [5, 5.41) is 0.601. The summed E-state index contributed by atoms with van der Waals surface area (Å²) in [6.07, 6.45) is 4.49. The van der Waals surface area contributed by atoms with Gasteiger partial charge in [-0.05, 0) is 69.4 Å². The highest BCUT2D eigenvalue weighted by Crippen LogP contribution is 2.32. The number of anilines is 1. The fraction of sp³-hybridized carbons (Fsp3) is 0.400. The second-order valence-corrected chi connectivity index (χ2v) is 10.2. The van der Waals surface area contributed by atoms with Gasteiger partial charge in [-0.15, -0.1) is 0 Å². The van der Waals surface area contributed by atoms with E-state index in [0.29, 0.717) is 52.3 Å². The van der Waals surface area contributed by atoms with E-state index in [1.54, 1.807) is 42.5 Å². The Labute approximate surface area is 195 Å². The first-order valence-corrected chi connectivity index (χ1v) is 13.0. The predicted molar refractivity (Wildman–Crippen MR) is 132 cm³/mol. The van der Waals surface area contributed by atoms with Crippen LogP contribution < -0.4 is 9.46 Å². The van der Waals surface area contributed by atoms with Crippen LogP contribution in [0.5, 0.6) is 5.75 Å². The molecule has 178 valence electrons. The first kappa shape index (κ1) is 24.8. The molecule has 0 amide bonds. The summed E-state index contributed by atoms with van der Waals surface area (Å²) in [4.78, 5) is 15.6. The van der Waals surface area contributed by atoms with E-state index in [2.05, 4.69) is 16.5 Å². The Morgan fingerprint density at radius 1 is 1.09 bits per heavy atom. The Morgan fingerprint density at radius 3 is 2.45 bits per heavy atom. The fourth-order valence-electron chi connectivity index (χ4n) is 3.61. The number of hydrogen-bond acceptors (Lipinski definition) is 6. The van der Waals surface area contributed by atoms with E-state index in [-0.39, 0.29) is 5.78 Å². The molecular weight excluding hydrogens is 440 g/mol. The molecule has 0 aliphatic rings. The van der Waals surface area contributed by atoms with E-state index in [9.17, 15) is 13.2 Å². The van der Waals surface area contributed by atoms with Crippen LogP contribution in [-0.2, 0) is 16.4 Å². The van der Waals surface area contributed by atoms with E-state index in [4.69, 9.17) is 9.15 Å². The molecule has 0 fully saturated rings. The largest absolute Gasteiger partial charge is 0.494 e. The van der Waals surface area contributed by atoms with Crippen LogP contribution >= 0.6 is 0 Å². The van der Waals surface area contributed by atoms with Crippen molar-refractivity contribution >= 4 is 32.5 Å². The molecular formula is C25H32N2O5S. The summed E-state index contributed by atoms with van der Waals surface area (Å²) in [6.45, 7) is 3.63. The lowest BCUT2D eigenvalue weighted by molar-refractivity contribution is 0.103. The first-order valence-electron chi connectivity index (χ1n) is 11.1. The highest BCUT2D eigenvalue weighted by atomic mass is 32.2. The molecule has 0 aliphatic heterocycles. The van der Waals surface area contributed by atoms with Gasteiger partial charge in [0.15, 0.2) is 5.78 Å². The van der Waals surface area contributed by atoms with Crippen molar-refractivity contribution in [1.82, 2.24) is 4.90 Å². The number of benzene rings is 2. The molecule has 33 heavy (non-hydrogen) atoms. The molecule has 1 N–H and O–H groups in total. The highest BCUT2D eigenvalue weighted by molar-refractivity contribution is 7.92. The number of sulfonamides is 1. The zero-order valence-corrected chi connectivity index (χ0v) is 20.5. The lowest BCUT2D eigenvalue weighted by Gasteiger charge is -2.10. The van der Waals surface area contributed by atoms with Crippen molar-refractivity contribution in [1.29, 1.82) is 0 Å². The minimum Gasteiger partial charge on any atom is -0.494 e. The molecule has 0 atom stereocenters. The van der Waals surface area contributed by atoms with Crippen LogP contribution in [0.15, 0.2) is 46.9 Å². The summed E-state index contributed by atoms with van der Waals surface area (Å²) in [5.41, 5.74) is 1.96. The highest BCUT2D eigenvalue weighted by Gasteiger charge is 2.22. The van der Waals surface area contributed by atoms with Gasteiger partial charge in [0.25, 0.3) is 0 Å². The second-order valence-electron chi connectivity index (χ2n) is 8.45. The van der Waals surface area contributed by atoms with Crippen LogP contribution in [-0.4, -0.2) is 52.6 Å². The van der Waals surface area contributed by atoms with E-state index in [1.165, 1.54) is 0 Å². The summed E-state index contributed by atoms with van der Waals surface area (Å²) in [7, 11) is 0.606. The number of hydrogen-bond donors (Lipinski definition) is 1. The van der Waals surface area contributed by atoms with Gasteiger partial charge in [0, 0.05) is 29.6 Å². The van der Waals surface area contributed by atoms with Crippen molar-refractivity contribution in [3.8, 4) is 5.75 Å². The molecule has 2 aromatic carbocycles. The monoisotopic (exact) mass is 472 g/mol. The van der Waals surface area contributed by atoms with Crippen LogP contribution in [0.2, 0.25) is 0 Å². The molecule has 3 aromatic rings. The van der Waals surface area contributed by atoms with Gasteiger partial charge in [0.1, 0.15) is 17.1 Å². The van der Waals surface area contributed by atoms with Crippen LogP contribution in [0.4, 0.5) is 5.69 Å². The third-order valence-corrected chi connectivity index (χ3v) is 5.79. The lowest BCUT2D eigenvalue weighted by atomic mass is 9.98. The van der Waals surface area contributed by atoms with Crippen LogP contribution in [0.3, 0.4) is 0 Å². The van der Waals surface area contributed by atoms with Crippen molar-refractivity contribution in [3.05, 3.63) is 59.4 Å². The van der Waals surface area contributed by atoms with Gasteiger partial charge in [-0.25, -0.2) is 8.42 Å². The third-order valence-electron chi connectivity index (χ3n) is 5.18. The molecule has 3 rings (SSSR count). The van der Waals surface area contributed by atoms with Gasteiger partial charge < -0.3 is 14.1 Å². The van der Waals surface area contributed by atoms with Gasteiger partial charge >= 0.3 is 0 Å². The van der Waals surface area contributed by atoms with E-state index in [1.807, 2.05) is 14.1 Å². The number of carbonyl (C=O) groups excluding carboxylic acids is 1. The summed E-state index contributed by atoms with van der Waals surface area (Å²) < 4.78 is 37.6. The standard InChI is InChI=1S/C25H32N2O5S/c1-5-6-8-23-24(21-17-19(26-33(4,29)30)11-14-22(21)32-23)25(28)18-9-12-20(13-10-18)31-16-7-15-27(2)3/h9-14,17,26H,5-8,15-16H2,1-4H3. The number of nitrogens with one attached hydrogen (secondary N) is 1. The smallest absolute Gasteiger partial charge is 0.229 e. The molecule has 0 unspecified atom stereocenters. The normalized spacial score (nSPS) is 11.8. The van der Waals surface area contributed by atoms with Gasteiger partial charge in [0.05, 0.1) is 18.4 Å². The number of carbonyl (C=O) groups is 1. The SMILES string of the molecule is CCCCc1oc2ccc(NS(C)(=O)=O)cc2c1C(=O)c1ccc(OCCCN(C)C)cc1. The average molecular weight is 473 g/mol. The number of fused-ring (bicyclic) bond motifs is 1. The summed E-state index contributed by atoms with van der Waals surface area (Å²) in [6, 6.07) is 12.1. The molecule has 1 heterocycles. The Hall–Kier alpha value is -2.84. The Kier molecular flexibility index (Phi) is 8.15. The van der Waals surface area contributed by atoms with Gasteiger partial charge in [-0.3, -0.25) is 9.52 Å². The molecule has 0 aliphatic carbocycles. The topological polar surface area (TPSA) is 88.8 Å². The second kappa shape index (κ2) is 10.9. The summed E-state index contributed by atoms with van der Waals surface area (Å²) in [5.74, 6) is 1.18. The minimum absolute atomic E-state index is 0.157. The van der Waals surface area contributed by atoms with Crippen molar-refractivity contribution in [2.45, 2.75) is 32.6 Å². The Morgan fingerprint density at radius 2 is 1.82 bits per heavy atom. The van der Waals surface area contributed by atoms with Crippen LogP contribution in [0, 0.1) is 0 Å². The molecule has 7 nitrogen and oxygen atoms in total. The molecule has 0 spiro atoms. The Bertz CT molecular complexity index is 1200. The van der Waals surface area contributed by atoms with Crippen LogP contribution in [0.25, 0.3) is 11.0 Å². The van der Waals surface area contributed by atoms with Crippen molar-refractivity contribution in [2.75, 3.05) is 38.2 Å². The van der Waals surface area contributed by atoms with Gasteiger partial charge in [-0.2, -0.15) is 0 Å². The van der Waals surface area contributed by atoms with E-state index in [0.717, 1.165) is 32.1 Å². The lowest BCUT2D eigenvalue weighted by Crippen LogP contribution is -2.15. The van der Waals surface area contributed by atoms with Crippen LogP contribution in [0.1, 0.15) is 47.9 Å². The third kappa shape index (κ3) is 6.82. The van der Waals surface area contributed by atoms with Crippen molar-refractivity contribution < 1.29 is 22.4 Å². The number of ether oxygens (including phenoxy) is 1. The molecule has 8 heteroatoms. The predicted octanol–water partition coefficient (Wildman–Crippen LogP) is 4.71. The quantitative estimate of drug-likeness (QED) is 0.303. The summed E-state index contributed by atoms with van der Waals surface area (Å²) >= 11 is 0. The first-order chi connectivity index (χ1) is 15.7. The van der Waals surface area contributed by atoms with Crippen molar-refractivity contribution in [3.63, 3.8) is 0 Å². The number of furan rings is 1. The number of unbranched alkanes of at least 4 members (excludes halogenated alkanes) is 1. The van der Waals surface area contributed by atoms with E-state index < -0.39 is 10.0 Å². The maximum absolute atomic E-state index is 13.5. The molecule has 0 bridgehead atoms. The molecule has 0 saturated heterocycles. The maximum Gasteiger partial charge on any atom is 0.229 e. The number of aryl methyl sites for hydroxylation is 1. The zero-order valence-electron chi connectivity index (χ0n) is 19.7. The average Bonchev–Trinajstić information content (AvgIpc) is 3.11. The van der Waals surface area contributed by atoms with Crippen molar-refractivity contribution in [2.24, 2.45) is 0 Å². The number of ketones is 1. The molecule has 0 radical (unpaired) electrons. The fourth-order valence-corrected chi connectivity index (χ4v) is 4.16. The van der Waals surface area contributed by atoms with Gasteiger partial charge in [0.2, 0.25) is 10.0 Å². The van der Waals surface area contributed by atoms with Gasteiger partial charge in [-0.1, -0.05) is 13.3 Å². The molecule has 0 saturated carbocycles. The minimum atomic E-state index is -3.44. The number of rotatable bonds is 12. The van der Waals surface area contributed by atoms with E-state index >= 15 is 0 Å². The Balaban J connectivity index is 1.89. The number of nitrogens with zero attached hydrogens (tertiary/aromatic N) is 1. The zero-order chi connectivity index (χ0) is 24.0. The maximum atomic E-state index is 13.5. The molecule has 1 aromatic heterocycles.